The molecule has 0 N–H and O–H groups in total. The van der Waals surface area contributed by atoms with Crippen LogP contribution in [0.25, 0.3) is 37.5 Å². The third-order valence-electron chi connectivity index (χ3n) is 8.04. The first-order valence-electron chi connectivity index (χ1n) is 15.7. The van der Waals surface area contributed by atoms with Crippen molar-refractivity contribution in [3.63, 3.8) is 0 Å². The van der Waals surface area contributed by atoms with Crippen LogP contribution in [0.4, 0.5) is 15.0 Å². The van der Waals surface area contributed by atoms with E-state index in [0.717, 1.165) is 9.58 Å². The van der Waals surface area contributed by atoms with Gasteiger partial charge in [0, 0.05) is 47.0 Å². The molecular weight excluding hydrogens is 684 g/mol. The molecule has 1 saturated heterocycles. The molecule has 2 amide bonds. The maximum Gasteiger partial charge on any atom is 0.410 e. The minimum Gasteiger partial charge on any atom is -0.464 e. The Morgan fingerprint density at radius 3 is 2.70 bits per heavy atom. The van der Waals surface area contributed by atoms with Gasteiger partial charge in [0.25, 0.3) is 5.91 Å². The number of amides is 2. The summed E-state index contributed by atoms with van der Waals surface area (Å²) in [6.07, 6.45) is 3.81. The summed E-state index contributed by atoms with van der Waals surface area (Å²) in [6, 6.07) is 10.8. The van der Waals surface area contributed by atoms with Gasteiger partial charge in [0.1, 0.15) is 22.8 Å². The second-order valence-corrected chi connectivity index (χ2v) is 14.5. The van der Waals surface area contributed by atoms with Crippen LogP contribution in [0.1, 0.15) is 53.8 Å². The van der Waals surface area contributed by atoms with Crippen LogP contribution in [0.5, 0.6) is 0 Å². The molecule has 6 aromatic rings. The standard InChI is InChI=1S/C34H31FN8O5S2/c1-34(2,3)48-33(46)41-14-6-7-20(17-41)42(28-22-16-27(50-26(22)11-13-37-28)25-18-49-30(38-25)32(45)47-4)31(44)21-10-9-19(15-23(21)35)43-29-24(39-40-43)8-5-12-36-29/h5,8-13,15-16,18,20H,6-7,14,17H2,1-4H3/t20-/m1/s1. The Hall–Kier alpha value is -5.35. The van der Waals surface area contributed by atoms with Crippen LogP contribution < -0.4 is 4.90 Å². The number of methoxy groups -OCH3 is 1. The first kappa shape index (κ1) is 33.2. The SMILES string of the molecule is COC(=O)c1nc(-c2cc3c(N(C(=O)c4ccc(-n5nnc6cccnc65)cc4F)[C@@H]4CCCN(C(=O)OC(C)(C)C)C4)nccc3s2)cs1. The van der Waals surface area contributed by atoms with E-state index >= 15 is 4.39 Å². The molecule has 16 heteroatoms. The summed E-state index contributed by atoms with van der Waals surface area (Å²) >= 11 is 2.59. The fraction of sp³-hybridized carbons (Fsp3) is 0.294. The largest absolute Gasteiger partial charge is 0.464 e. The number of carbonyl (C=O) groups is 3. The number of thiophene rings is 1. The van der Waals surface area contributed by atoms with Gasteiger partial charge in [0.2, 0.25) is 5.01 Å². The van der Waals surface area contributed by atoms with Gasteiger partial charge in [-0.25, -0.2) is 28.9 Å². The molecule has 1 atom stereocenters. The van der Waals surface area contributed by atoms with E-state index in [-0.39, 0.29) is 17.1 Å². The first-order valence-corrected chi connectivity index (χ1v) is 17.4. The molecule has 0 spiro atoms. The van der Waals surface area contributed by atoms with Gasteiger partial charge in [-0.15, -0.1) is 27.8 Å². The molecule has 0 unspecified atom stereocenters. The Morgan fingerprint density at radius 2 is 1.92 bits per heavy atom. The Balaban J connectivity index is 1.29. The van der Waals surface area contributed by atoms with E-state index < -0.39 is 35.4 Å². The van der Waals surface area contributed by atoms with E-state index in [0.29, 0.717) is 53.1 Å². The van der Waals surface area contributed by atoms with E-state index in [1.807, 2.05) is 12.1 Å². The van der Waals surface area contributed by atoms with Crippen LogP contribution in [0.3, 0.4) is 0 Å². The number of aromatic nitrogens is 6. The van der Waals surface area contributed by atoms with Gasteiger partial charge >= 0.3 is 12.1 Å². The highest BCUT2D eigenvalue weighted by molar-refractivity contribution is 7.22. The van der Waals surface area contributed by atoms with Crippen molar-refractivity contribution in [1.82, 2.24) is 34.8 Å². The number of fused-ring (bicyclic) bond motifs is 2. The van der Waals surface area contributed by atoms with Crippen molar-refractivity contribution in [2.45, 2.75) is 45.3 Å². The highest BCUT2D eigenvalue weighted by Crippen LogP contribution is 2.39. The molecule has 256 valence electrons. The maximum atomic E-state index is 16.1. The van der Waals surface area contributed by atoms with Crippen LogP contribution in [0.15, 0.2) is 60.2 Å². The summed E-state index contributed by atoms with van der Waals surface area (Å²) in [5.74, 6) is -1.62. The minimum atomic E-state index is -0.770. The molecule has 0 radical (unpaired) electrons. The van der Waals surface area contributed by atoms with Crippen LogP contribution in [0.2, 0.25) is 0 Å². The number of rotatable bonds is 6. The van der Waals surface area contributed by atoms with Gasteiger partial charge in [-0.3, -0.25) is 9.69 Å². The quantitative estimate of drug-likeness (QED) is 0.175. The van der Waals surface area contributed by atoms with Gasteiger partial charge in [-0.05, 0) is 70.0 Å². The van der Waals surface area contributed by atoms with Crippen molar-refractivity contribution in [2.75, 3.05) is 25.1 Å². The molecule has 13 nitrogen and oxygen atoms in total. The van der Waals surface area contributed by atoms with Crippen molar-refractivity contribution in [1.29, 1.82) is 0 Å². The molecule has 1 aromatic carbocycles. The monoisotopic (exact) mass is 714 g/mol. The van der Waals surface area contributed by atoms with E-state index in [4.69, 9.17) is 9.47 Å². The number of hydrogen-bond acceptors (Lipinski definition) is 12. The van der Waals surface area contributed by atoms with Crippen LogP contribution in [0, 0.1) is 5.82 Å². The van der Waals surface area contributed by atoms with Gasteiger partial charge in [-0.1, -0.05) is 5.21 Å². The molecule has 6 heterocycles. The predicted octanol–water partition coefficient (Wildman–Crippen LogP) is 6.52. The number of esters is 1. The first-order chi connectivity index (χ1) is 24.0. The average molecular weight is 715 g/mol. The van der Waals surface area contributed by atoms with Crippen LogP contribution in [-0.2, 0) is 9.47 Å². The Bertz CT molecular complexity index is 2260. The summed E-state index contributed by atoms with van der Waals surface area (Å²) in [4.78, 5) is 57.1. The zero-order chi connectivity index (χ0) is 35.2. The lowest BCUT2D eigenvalue weighted by molar-refractivity contribution is 0.0195. The van der Waals surface area contributed by atoms with E-state index in [1.54, 1.807) is 61.6 Å². The number of hydrogen-bond donors (Lipinski definition) is 0. The number of anilines is 1. The van der Waals surface area contributed by atoms with Crippen LogP contribution in [-0.4, -0.2) is 84.7 Å². The fourth-order valence-corrected chi connectivity index (χ4v) is 7.63. The molecule has 0 bridgehead atoms. The lowest BCUT2D eigenvalue weighted by Gasteiger charge is -2.39. The molecule has 5 aromatic heterocycles. The number of ether oxygens (including phenoxy) is 2. The molecule has 1 aliphatic heterocycles. The number of pyridine rings is 2. The van der Waals surface area contributed by atoms with Gasteiger partial charge in [-0.2, -0.15) is 4.68 Å². The highest BCUT2D eigenvalue weighted by atomic mass is 32.1. The summed E-state index contributed by atoms with van der Waals surface area (Å²) in [6.45, 7) is 5.98. The van der Waals surface area contributed by atoms with E-state index in [9.17, 15) is 14.4 Å². The Labute approximate surface area is 293 Å². The minimum absolute atomic E-state index is 0.153. The molecule has 1 fully saturated rings. The number of halogens is 1. The van der Waals surface area contributed by atoms with Crippen molar-refractivity contribution in [3.05, 3.63) is 76.6 Å². The van der Waals surface area contributed by atoms with E-state index in [1.165, 1.54) is 51.5 Å². The van der Waals surface area contributed by atoms with Crippen molar-refractivity contribution >= 4 is 67.7 Å². The van der Waals surface area contributed by atoms with Crippen LogP contribution >= 0.6 is 22.7 Å². The number of thiazole rings is 1. The fourth-order valence-electron chi connectivity index (χ4n) is 5.81. The molecule has 0 aliphatic carbocycles. The molecule has 1 aliphatic rings. The lowest BCUT2D eigenvalue weighted by atomic mass is 10.0. The summed E-state index contributed by atoms with van der Waals surface area (Å²) in [7, 11) is 1.30. The topological polar surface area (TPSA) is 146 Å². The zero-order valence-electron chi connectivity index (χ0n) is 27.5. The summed E-state index contributed by atoms with van der Waals surface area (Å²) in [5, 5.41) is 10.8. The smallest absolute Gasteiger partial charge is 0.410 e. The molecular formula is C34H31FN8O5S2. The third-order valence-corrected chi connectivity index (χ3v) is 9.98. The Kier molecular flexibility index (Phi) is 8.73. The van der Waals surface area contributed by atoms with Gasteiger partial charge < -0.3 is 14.4 Å². The molecule has 7 rings (SSSR count). The highest BCUT2D eigenvalue weighted by Gasteiger charge is 2.36. The average Bonchev–Trinajstić information content (AvgIpc) is 3.86. The molecule has 50 heavy (non-hydrogen) atoms. The van der Waals surface area contributed by atoms with Crippen molar-refractivity contribution in [2.24, 2.45) is 0 Å². The number of benzene rings is 1. The number of likely N-dealkylation sites (tertiary alicyclic amines) is 1. The summed E-state index contributed by atoms with van der Waals surface area (Å²) in [5.41, 5.74) is 1.01. The number of piperidine rings is 1. The van der Waals surface area contributed by atoms with Crippen molar-refractivity contribution < 1.29 is 28.2 Å². The second-order valence-electron chi connectivity index (χ2n) is 12.6. The summed E-state index contributed by atoms with van der Waals surface area (Å²) < 4.78 is 28.8. The molecule has 0 saturated carbocycles. The Morgan fingerprint density at radius 1 is 1.08 bits per heavy atom. The van der Waals surface area contributed by atoms with Crippen molar-refractivity contribution in [3.8, 4) is 16.3 Å². The van der Waals surface area contributed by atoms with Gasteiger partial charge in [0.15, 0.2) is 5.65 Å². The number of nitrogens with zero attached hydrogens (tertiary/aromatic N) is 8. The second kappa shape index (κ2) is 13.2. The lowest BCUT2D eigenvalue weighted by Crippen LogP contribution is -2.53. The normalized spacial score (nSPS) is 15.0. The van der Waals surface area contributed by atoms with E-state index in [2.05, 4.69) is 25.3 Å². The number of carbonyl (C=O) groups excluding carboxylic acids is 3. The predicted molar refractivity (Wildman–Crippen MR) is 186 cm³/mol. The third kappa shape index (κ3) is 6.38. The van der Waals surface area contributed by atoms with Gasteiger partial charge in [0.05, 0.1) is 35.0 Å². The maximum absolute atomic E-state index is 16.1. The zero-order valence-corrected chi connectivity index (χ0v) is 29.1.